The highest BCUT2D eigenvalue weighted by Crippen LogP contribution is 2.30. The largest absolute Gasteiger partial charge is 0.343 e. The van der Waals surface area contributed by atoms with Crippen molar-refractivity contribution in [2.24, 2.45) is 0 Å². The number of hydrogen-bond acceptors (Lipinski definition) is 5. The molecule has 7 heteroatoms. The number of aromatic nitrogens is 2. The number of rotatable bonds is 6. The number of amides is 1. The number of carbonyl (C=O) groups is 1. The molecule has 0 saturated heterocycles. The Morgan fingerprint density at radius 3 is 2.48 bits per heavy atom. The number of thioether (sulfide) groups is 1. The van der Waals surface area contributed by atoms with E-state index in [1.165, 1.54) is 23.1 Å². The first-order chi connectivity index (χ1) is 13.8. The quantitative estimate of drug-likeness (QED) is 0.423. The average molecular weight is 430 g/mol. The third kappa shape index (κ3) is 3.98. The van der Waals surface area contributed by atoms with Gasteiger partial charge in [-0.25, -0.2) is 4.98 Å². The highest BCUT2D eigenvalue weighted by Gasteiger charge is 2.20. The summed E-state index contributed by atoms with van der Waals surface area (Å²) in [7, 11) is 0. The van der Waals surface area contributed by atoms with Crippen LogP contribution in [0, 0.1) is 27.7 Å². The van der Waals surface area contributed by atoms with Crippen LogP contribution in [0.1, 0.15) is 35.4 Å². The molecule has 0 bridgehead atoms. The zero-order chi connectivity index (χ0) is 21.3. The van der Waals surface area contributed by atoms with Crippen LogP contribution in [0.5, 0.6) is 0 Å². The summed E-state index contributed by atoms with van der Waals surface area (Å²) < 4.78 is 1.68. The lowest BCUT2D eigenvalue weighted by atomic mass is 10.1. The summed E-state index contributed by atoms with van der Waals surface area (Å²) in [5.41, 5.74) is 3.89. The van der Waals surface area contributed by atoms with Crippen molar-refractivity contribution in [3.63, 3.8) is 0 Å². The first-order valence-electron chi connectivity index (χ1n) is 9.80. The molecule has 1 aromatic carbocycles. The van der Waals surface area contributed by atoms with Gasteiger partial charge in [-0.1, -0.05) is 23.9 Å². The minimum absolute atomic E-state index is 0.0559. The summed E-state index contributed by atoms with van der Waals surface area (Å²) in [4.78, 5) is 34.6. The van der Waals surface area contributed by atoms with Gasteiger partial charge in [0.15, 0.2) is 5.16 Å². The fourth-order valence-corrected chi connectivity index (χ4v) is 5.34. The van der Waals surface area contributed by atoms with Gasteiger partial charge in [0.25, 0.3) is 5.56 Å². The Kier molecular flexibility index (Phi) is 6.49. The van der Waals surface area contributed by atoms with E-state index < -0.39 is 0 Å². The van der Waals surface area contributed by atoms with Gasteiger partial charge in [-0.05, 0) is 64.3 Å². The molecule has 0 aliphatic rings. The minimum atomic E-state index is -0.0664. The summed E-state index contributed by atoms with van der Waals surface area (Å²) in [5.74, 6) is 0.314. The second-order valence-electron chi connectivity index (χ2n) is 7.07. The van der Waals surface area contributed by atoms with Gasteiger partial charge < -0.3 is 4.90 Å². The van der Waals surface area contributed by atoms with Gasteiger partial charge in [0.2, 0.25) is 5.91 Å². The average Bonchev–Trinajstić information content (AvgIpc) is 2.98. The van der Waals surface area contributed by atoms with Gasteiger partial charge in [0.05, 0.1) is 16.8 Å². The maximum absolute atomic E-state index is 13.6. The topological polar surface area (TPSA) is 55.2 Å². The van der Waals surface area contributed by atoms with E-state index in [-0.39, 0.29) is 17.2 Å². The molecule has 0 fully saturated rings. The van der Waals surface area contributed by atoms with Gasteiger partial charge in [-0.2, -0.15) is 0 Å². The summed E-state index contributed by atoms with van der Waals surface area (Å²) in [5, 5.41) is 1.24. The van der Waals surface area contributed by atoms with Crippen molar-refractivity contribution in [2.45, 2.75) is 46.7 Å². The van der Waals surface area contributed by atoms with Gasteiger partial charge in [0, 0.05) is 18.0 Å². The molecule has 0 saturated carbocycles. The van der Waals surface area contributed by atoms with E-state index >= 15 is 0 Å². The molecular weight excluding hydrogens is 402 g/mol. The summed E-state index contributed by atoms with van der Waals surface area (Å²) in [6.45, 7) is 13.3. The van der Waals surface area contributed by atoms with Gasteiger partial charge in [0.1, 0.15) is 4.83 Å². The highest BCUT2D eigenvalue weighted by molar-refractivity contribution is 7.99. The molecule has 2 aromatic heterocycles. The Bertz CT molecular complexity index is 1130. The molecule has 0 atom stereocenters. The second-order valence-corrected chi connectivity index (χ2v) is 9.22. The standard InChI is InChI=1S/C22H27N3O2S2/c1-7-24(8-2)18(26)12-28-22-23-20-19(15(5)16(6)29-20)21(27)25(22)17-11-9-10-13(3)14(17)4/h9-11H,7-8,12H2,1-6H3. The van der Waals surface area contributed by atoms with Crippen molar-refractivity contribution in [1.29, 1.82) is 0 Å². The zero-order valence-electron chi connectivity index (χ0n) is 17.8. The predicted molar refractivity (Wildman–Crippen MR) is 123 cm³/mol. The third-order valence-corrected chi connectivity index (χ3v) is 7.45. The lowest BCUT2D eigenvalue weighted by molar-refractivity contribution is -0.127. The maximum atomic E-state index is 13.6. The number of hydrogen-bond donors (Lipinski definition) is 0. The van der Waals surface area contributed by atoms with E-state index in [1.54, 1.807) is 9.47 Å². The first-order valence-corrected chi connectivity index (χ1v) is 11.6. The van der Waals surface area contributed by atoms with Gasteiger partial charge in [-0.15, -0.1) is 11.3 Å². The van der Waals surface area contributed by atoms with Crippen LogP contribution in [0.4, 0.5) is 0 Å². The number of nitrogens with zero attached hydrogens (tertiary/aromatic N) is 3. The number of benzene rings is 1. The lowest BCUT2D eigenvalue weighted by Gasteiger charge is -2.19. The fourth-order valence-electron chi connectivity index (χ4n) is 3.36. The van der Waals surface area contributed by atoms with Crippen molar-refractivity contribution in [3.05, 3.63) is 50.1 Å². The van der Waals surface area contributed by atoms with E-state index in [1.807, 2.05) is 59.7 Å². The van der Waals surface area contributed by atoms with Crippen molar-refractivity contribution in [3.8, 4) is 5.69 Å². The Morgan fingerprint density at radius 1 is 1.14 bits per heavy atom. The van der Waals surface area contributed by atoms with Crippen molar-refractivity contribution < 1.29 is 4.79 Å². The van der Waals surface area contributed by atoms with Crippen molar-refractivity contribution in [1.82, 2.24) is 14.5 Å². The molecule has 3 aromatic rings. The van der Waals surface area contributed by atoms with Crippen molar-refractivity contribution >= 4 is 39.2 Å². The molecule has 5 nitrogen and oxygen atoms in total. The SMILES string of the molecule is CCN(CC)C(=O)CSc1nc2sc(C)c(C)c2c(=O)n1-c1cccc(C)c1C. The lowest BCUT2D eigenvalue weighted by Crippen LogP contribution is -2.32. The van der Waals surface area contributed by atoms with Crippen LogP contribution in [0.15, 0.2) is 28.2 Å². The fraction of sp³-hybridized carbons (Fsp3) is 0.409. The molecule has 154 valence electrons. The Morgan fingerprint density at radius 2 is 1.83 bits per heavy atom. The smallest absolute Gasteiger partial charge is 0.267 e. The molecule has 29 heavy (non-hydrogen) atoms. The molecule has 2 heterocycles. The molecule has 0 aliphatic heterocycles. The molecule has 0 aliphatic carbocycles. The zero-order valence-corrected chi connectivity index (χ0v) is 19.5. The monoisotopic (exact) mass is 429 g/mol. The number of carbonyl (C=O) groups excluding carboxylic acids is 1. The van der Waals surface area contributed by atoms with Gasteiger partial charge in [-0.3, -0.25) is 14.2 Å². The van der Waals surface area contributed by atoms with E-state index in [2.05, 4.69) is 0 Å². The molecule has 0 spiro atoms. The van der Waals surface area contributed by atoms with E-state index in [9.17, 15) is 9.59 Å². The summed E-state index contributed by atoms with van der Waals surface area (Å²) in [6, 6.07) is 5.93. The Balaban J connectivity index is 2.19. The molecule has 1 amide bonds. The van der Waals surface area contributed by atoms with Crippen LogP contribution in [-0.2, 0) is 4.79 Å². The number of fused-ring (bicyclic) bond motifs is 1. The van der Waals surface area contributed by atoms with E-state index in [0.717, 1.165) is 32.1 Å². The number of thiophene rings is 1. The normalized spacial score (nSPS) is 11.2. The molecule has 0 radical (unpaired) electrons. The van der Waals surface area contributed by atoms with Crippen LogP contribution in [0.3, 0.4) is 0 Å². The third-order valence-electron chi connectivity index (χ3n) is 5.43. The second kappa shape index (κ2) is 8.71. The van der Waals surface area contributed by atoms with Crippen molar-refractivity contribution in [2.75, 3.05) is 18.8 Å². The summed E-state index contributed by atoms with van der Waals surface area (Å²) in [6.07, 6.45) is 0. The van der Waals surface area contributed by atoms with Gasteiger partial charge >= 0.3 is 0 Å². The minimum Gasteiger partial charge on any atom is -0.343 e. The van der Waals surface area contributed by atoms with E-state index in [0.29, 0.717) is 23.6 Å². The Labute approximate surface area is 179 Å². The molecular formula is C22H27N3O2S2. The van der Waals surface area contributed by atoms with Crippen LogP contribution in [-0.4, -0.2) is 39.2 Å². The number of aryl methyl sites for hydroxylation is 3. The van der Waals surface area contributed by atoms with Crippen LogP contribution >= 0.6 is 23.1 Å². The molecule has 0 unspecified atom stereocenters. The predicted octanol–water partition coefficient (Wildman–Crippen LogP) is 4.64. The Hall–Kier alpha value is -2.12. The van der Waals surface area contributed by atoms with Crippen LogP contribution in [0.2, 0.25) is 0 Å². The molecule has 0 N–H and O–H groups in total. The summed E-state index contributed by atoms with van der Waals surface area (Å²) >= 11 is 2.87. The molecule has 3 rings (SSSR count). The van der Waals surface area contributed by atoms with Crippen LogP contribution in [0.25, 0.3) is 15.9 Å². The maximum Gasteiger partial charge on any atom is 0.267 e. The van der Waals surface area contributed by atoms with Crippen LogP contribution < -0.4 is 5.56 Å². The first kappa shape index (κ1) is 21.6. The highest BCUT2D eigenvalue weighted by atomic mass is 32.2. The van der Waals surface area contributed by atoms with E-state index in [4.69, 9.17) is 4.98 Å².